The van der Waals surface area contributed by atoms with Gasteiger partial charge >= 0.3 is 18.6 Å². The van der Waals surface area contributed by atoms with E-state index in [1.165, 1.54) is 0 Å². The van der Waals surface area contributed by atoms with Crippen LogP contribution in [0.15, 0.2) is 48.6 Å². The molecule has 0 heterocycles. The maximum atomic E-state index is 2.12. The zero-order valence-electron chi connectivity index (χ0n) is 8.37. The molecule has 0 amide bonds. The molecule has 0 aromatic carbocycles. The average Bonchev–Trinajstić information content (AvgIpc) is 2.67. The number of hydrogen-bond donors (Lipinski definition) is 0. The van der Waals surface area contributed by atoms with Crippen LogP contribution >= 0.6 is 0 Å². The molecule has 0 saturated heterocycles. The van der Waals surface area contributed by atoms with Crippen molar-refractivity contribution in [2.24, 2.45) is 0 Å². The molecule has 0 saturated carbocycles. The van der Waals surface area contributed by atoms with E-state index in [1.807, 2.05) is 0 Å². The first-order chi connectivity index (χ1) is 5.00. The van der Waals surface area contributed by atoms with Gasteiger partial charge in [-0.15, -0.1) is 0 Å². The van der Waals surface area contributed by atoms with Gasteiger partial charge in [0.05, 0.1) is 0 Å². The van der Waals surface area contributed by atoms with Crippen LogP contribution in [-0.2, 0) is 18.6 Å². The molecule has 0 aliphatic heterocycles. The Balaban J connectivity index is -0.0000000227. The molecule has 0 spiro atoms. The first-order valence-electron chi connectivity index (χ1n) is 3.63. The van der Waals surface area contributed by atoms with Gasteiger partial charge in [0.1, 0.15) is 0 Å². The quantitative estimate of drug-likeness (QED) is 0.403. The Morgan fingerprint density at radius 2 is 0.625 bits per heavy atom. The molecular formula is C10H12Cl5V. The molecule has 16 heavy (non-hydrogen) atoms. The summed E-state index contributed by atoms with van der Waals surface area (Å²) in [5.41, 5.74) is 0. The zero-order valence-corrected chi connectivity index (χ0v) is 13.5. The topological polar surface area (TPSA) is 0 Å². The van der Waals surface area contributed by atoms with Crippen LogP contribution in [-0.4, -0.2) is 0 Å². The van der Waals surface area contributed by atoms with Crippen molar-refractivity contribution in [2.45, 2.75) is 12.8 Å². The normalized spacial score (nSPS) is 11.0. The van der Waals surface area contributed by atoms with Gasteiger partial charge in [-0.05, 0) is 12.8 Å². The Morgan fingerprint density at radius 1 is 0.438 bits per heavy atom. The van der Waals surface area contributed by atoms with Crippen LogP contribution in [0.5, 0.6) is 0 Å². The standard InChI is InChI=1S/2C5H6.5ClH.V/c2*1-2-4-5-3-1;;;;;;/h2*1-4H,5H2;5*1H;/q;;;;;;;+5/p-5. The fourth-order valence-corrected chi connectivity index (χ4v) is 0.786. The van der Waals surface area contributed by atoms with Crippen LogP contribution in [0.1, 0.15) is 12.8 Å². The Kier molecular flexibility index (Phi) is 66.9. The van der Waals surface area contributed by atoms with Gasteiger partial charge in [-0.25, -0.2) is 0 Å². The van der Waals surface area contributed by atoms with Gasteiger partial charge in [0, 0.05) is 0 Å². The molecule has 0 fully saturated rings. The van der Waals surface area contributed by atoms with Gasteiger partial charge in [0.25, 0.3) is 0 Å². The maximum Gasteiger partial charge on any atom is 5.00 e. The van der Waals surface area contributed by atoms with E-state index in [9.17, 15) is 0 Å². The second-order valence-corrected chi connectivity index (χ2v) is 2.18. The van der Waals surface area contributed by atoms with Crippen LogP contribution in [0, 0.1) is 0 Å². The van der Waals surface area contributed by atoms with Crippen LogP contribution in [0.4, 0.5) is 0 Å². The van der Waals surface area contributed by atoms with Crippen molar-refractivity contribution < 1.29 is 80.6 Å². The number of rotatable bonds is 0. The minimum absolute atomic E-state index is 0. The van der Waals surface area contributed by atoms with E-state index in [-0.39, 0.29) is 80.6 Å². The molecule has 6 heteroatoms. The largest absolute Gasteiger partial charge is 5.00 e. The molecule has 0 bridgehead atoms. The van der Waals surface area contributed by atoms with Gasteiger partial charge in [0.2, 0.25) is 0 Å². The Labute approximate surface area is 141 Å². The molecule has 0 aromatic heterocycles. The van der Waals surface area contributed by atoms with Gasteiger partial charge in [-0.1, -0.05) is 48.6 Å². The van der Waals surface area contributed by atoms with E-state index < -0.39 is 0 Å². The summed E-state index contributed by atoms with van der Waals surface area (Å²) in [6, 6.07) is 0. The van der Waals surface area contributed by atoms with Crippen molar-refractivity contribution in [1.82, 2.24) is 0 Å². The fraction of sp³-hybridized carbons (Fsp3) is 0.200. The van der Waals surface area contributed by atoms with Gasteiger partial charge < -0.3 is 62.0 Å². The van der Waals surface area contributed by atoms with Crippen LogP contribution in [0.3, 0.4) is 0 Å². The Morgan fingerprint density at radius 3 is 0.688 bits per heavy atom. The average molecular weight is 360 g/mol. The fourth-order valence-electron chi connectivity index (χ4n) is 0.786. The summed E-state index contributed by atoms with van der Waals surface area (Å²) in [5, 5.41) is 0. The summed E-state index contributed by atoms with van der Waals surface area (Å²) >= 11 is 0. The van der Waals surface area contributed by atoms with Crippen molar-refractivity contribution in [1.29, 1.82) is 0 Å². The maximum absolute atomic E-state index is 2.12. The second-order valence-electron chi connectivity index (χ2n) is 2.18. The minimum Gasteiger partial charge on any atom is -1.00 e. The van der Waals surface area contributed by atoms with Gasteiger partial charge in [-0.2, -0.15) is 0 Å². The molecule has 0 nitrogen and oxygen atoms in total. The minimum atomic E-state index is 0. The smallest absolute Gasteiger partial charge is 1.00 e. The van der Waals surface area contributed by atoms with Crippen LogP contribution < -0.4 is 62.0 Å². The van der Waals surface area contributed by atoms with Crippen molar-refractivity contribution >= 4 is 0 Å². The molecule has 2 rings (SSSR count). The molecule has 2 aliphatic rings. The molecular weight excluding hydrogens is 348 g/mol. The third-order valence-electron chi connectivity index (χ3n) is 1.31. The molecule has 0 radical (unpaired) electrons. The number of allylic oxidation sites excluding steroid dienone is 8. The van der Waals surface area contributed by atoms with Crippen molar-refractivity contribution in [2.75, 3.05) is 0 Å². The van der Waals surface area contributed by atoms with E-state index in [0.717, 1.165) is 12.8 Å². The van der Waals surface area contributed by atoms with Crippen molar-refractivity contribution in [3.8, 4) is 0 Å². The van der Waals surface area contributed by atoms with Crippen molar-refractivity contribution in [3.63, 3.8) is 0 Å². The first-order valence-corrected chi connectivity index (χ1v) is 3.63. The van der Waals surface area contributed by atoms with E-state index in [0.29, 0.717) is 0 Å². The molecule has 2 aliphatic carbocycles. The predicted molar refractivity (Wildman–Crippen MR) is 45.8 cm³/mol. The Hall–Kier alpha value is 0.994. The predicted octanol–water partition coefficient (Wildman–Crippen LogP) is -12.0. The summed E-state index contributed by atoms with van der Waals surface area (Å²) in [4.78, 5) is 0. The first kappa shape index (κ1) is 36.0. The SMILES string of the molecule is C1=CCC=C1.C1=CCC=C1.[Cl-].[Cl-].[Cl-].[Cl-].[Cl-].[V+5]. The summed E-state index contributed by atoms with van der Waals surface area (Å²) < 4.78 is 0. The molecule has 92 valence electrons. The molecule has 0 N–H and O–H groups in total. The van der Waals surface area contributed by atoms with E-state index >= 15 is 0 Å². The third kappa shape index (κ3) is 24.3. The van der Waals surface area contributed by atoms with Crippen LogP contribution in [0.25, 0.3) is 0 Å². The Bertz CT molecular complexity index is 157. The van der Waals surface area contributed by atoms with E-state index in [1.54, 1.807) is 0 Å². The second kappa shape index (κ2) is 29.7. The summed E-state index contributed by atoms with van der Waals surface area (Å²) in [5.74, 6) is 0. The molecule has 0 aromatic rings. The van der Waals surface area contributed by atoms with Crippen LogP contribution in [0.2, 0.25) is 0 Å². The summed E-state index contributed by atoms with van der Waals surface area (Å²) in [6.45, 7) is 0. The monoisotopic (exact) mass is 358 g/mol. The summed E-state index contributed by atoms with van der Waals surface area (Å²) in [6.07, 6.45) is 19.0. The summed E-state index contributed by atoms with van der Waals surface area (Å²) in [7, 11) is 0. The van der Waals surface area contributed by atoms with E-state index in [2.05, 4.69) is 48.6 Å². The molecule has 0 unspecified atom stereocenters. The van der Waals surface area contributed by atoms with Crippen molar-refractivity contribution in [3.05, 3.63) is 48.6 Å². The number of halogens is 5. The third-order valence-corrected chi connectivity index (χ3v) is 1.31. The van der Waals surface area contributed by atoms with E-state index in [4.69, 9.17) is 0 Å². The number of hydrogen-bond acceptors (Lipinski definition) is 0. The zero-order chi connectivity index (χ0) is 7.07. The molecule has 0 atom stereocenters. The van der Waals surface area contributed by atoms with Gasteiger partial charge in [0.15, 0.2) is 0 Å². The van der Waals surface area contributed by atoms with Gasteiger partial charge in [-0.3, -0.25) is 0 Å².